The van der Waals surface area contributed by atoms with Gasteiger partial charge < -0.3 is 9.47 Å². The number of hydrogen-bond donors (Lipinski definition) is 0. The van der Waals surface area contributed by atoms with Crippen molar-refractivity contribution in [3.05, 3.63) is 211 Å². The van der Waals surface area contributed by atoms with Crippen molar-refractivity contribution in [2.45, 2.75) is 44.1 Å². The first-order chi connectivity index (χ1) is 28.8. The molecule has 2 nitrogen and oxygen atoms in total. The Morgan fingerprint density at radius 2 is 1.05 bits per heavy atom. The molecule has 2 unspecified atom stereocenters. The van der Waals surface area contributed by atoms with Gasteiger partial charge in [0.2, 0.25) is 0 Å². The second-order valence-electron chi connectivity index (χ2n) is 16.6. The summed E-state index contributed by atoms with van der Waals surface area (Å²) >= 11 is 0. The molecule has 1 aromatic heterocycles. The van der Waals surface area contributed by atoms with Crippen LogP contribution in [0, 0.1) is 0 Å². The zero-order chi connectivity index (χ0) is 38.2. The van der Waals surface area contributed by atoms with Crippen molar-refractivity contribution in [1.29, 1.82) is 0 Å². The maximum absolute atomic E-state index is 2.86. The molecule has 0 N–H and O–H groups in total. The summed E-state index contributed by atoms with van der Waals surface area (Å²) in [6.07, 6.45) is 5.96. The van der Waals surface area contributed by atoms with Gasteiger partial charge >= 0.3 is 0 Å². The van der Waals surface area contributed by atoms with Crippen molar-refractivity contribution >= 4 is 62.0 Å². The molecule has 3 heteroatoms. The molecule has 0 bridgehead atoms. The highest BCUT2D eigenvalue weighted by Gasteiger charge is 2.46. The molecule has 9 aromatic rings. The number of nitrogens with zero attached hydrogens (tertiary/aromatic N) is 2. The topological polar surface area (TPSA) is 8.17 Å². The van der Waals surface area contributed by atoms with Crippen LogP contribution in [-0.4, -0.2) is 18.7 Å². The molecule has 2 heterocycles. The van der Waals surface area contributed by atoms with E-state index < -0.39 is 8.07 Å². The summed E-state index contributed by atoms with van der Waals surface area (Å²) < 4.78 is 2.54. The summed E-state index contributed by atoms with van der Waals surface area (Å²) in [5.41, 5.74) is 13.8. The van der Waals surface area contributed by atoms with E-state index in [9.17, 15) is 0 Å². The van der Waals surface area contributed by atoms with E-state index in [2.05, 4.69) is 204 Å². The zero-order valence-corrected chi connectivity index (χ0v) is 33.6. The van der Waals surface area contributed by atoms with Crippen LogP contribution in [0.25, 0.3) is 38.6 Å². The fourth-order valence-corrected chi connectivity index (χ4v) is 16.2. The normalized spacial score (nSPS) is 16.9. The molecule has 2 atom stereocenters. The first-order valence-electron chi connectivity index (χ1n) is 21.1. The summed E-state index contributed by atoms with van der Waals surface area (Å²) in [7, 11) is -2.86. The number of para-hydroxylation sites is 3. The Bertz CT molecular complexity index is 2890. The van der Waals surface area contributed by atoms with Crippen LogP contribution in [0.15, 0.2) is 194 Å². The molecule has 278 valence electrons. The first-order valence-corrected chi connectivity index (χ1v) is 23.1. The average Bonchev–Trinajstić information content (AvgIpc) is 3.96. The van der Waals surface area contributed by atoms with Crippen LogP contribution < -0.4 is 25.6 Å². The first kappa shape index (κ1) is 33.7. The minimum absolute atomic E-state index is 0.450. The number of fused-ring (bicyclic) bond motifs is 10. The third-order valence-electron chi connectivity index (χ3n) is 13.8. The molecule has 0 radical (unpaired) electrons. The third kappa shape index (κ3) is 4.83. The largest absolute Gasteiger partial charge is 0.337 e. The Morgan fingerprint density at radius 1 is 0.448 bits per heavy atom. The van der Waals surface area contributed by atoms with E-state index >= 15 is 0 Å². The predicted molar refractivity (Wildman–Crippen MR) is 246 cm³/mol. The fraction of sp³-hybridized carbons (Fsp3) is 0.127. The van der Waals surface area contributed by atoms with E-state index in [4.69, 9.17) is 0 Å². The molecule has 58 heavy (non-hydrogen) atoms. The number of benzene rings is 8. The summed E-state index contributed by atoms with van der Waals surface area (Å²) in [4.78, 5) is 2.83. The van der Waals surface area contributed by atoms with Crippen molar-refractivity contribution < 1.29 is 0 Å². The van der Waals surface area contributed by atoms with Crippen molar-refractivity contribution in [3.8, 4) is 16.8 Å². The highest BCUT2D eigenvalue weighted by Crippen LogP contribution is 2.54. The van der Waals surface area contributed by atoms with Crippen LogP contribution in [-0.2, 0) is 6.42 Å². The monoisotopic (exact) mass is 760 g/mol. The van der Waals surface area contributed by atoms with E-state index in [1.807, 2.05) is 0 Å². The Balaban J connectivity index is 1.21. The van der Waals surface area contributed by atoms with Gasteiger partial charge in [-0.3, -0.25) is 0 Å². The quantitative estimate of drug-likeness (QED) is 0.121. The van der Waals surface area contributed by atoms with Crippen molar-refractivity contribution in [3.63, 3.8) is 0 Å². The summed E-state index contributed by atoms with van der Waals surface area (Å²) in [6, 6.07) is 74.4. The summed E-state index contributed by atoms with van der Waals surface area (Å²) in [5.74, 6) is 0.555. The smallest absolute Gasteiger partial charge is 0.179 e. The van der Waals surface area contributed by atoms with Gasteiger partial charge in [-0.25, -0.2) is 0 Å². The maximum Gasteiger partial charge on any atom is 0.179 e. The molecule has 1 aliphatic heterocycles. The number of hydrogen-bond acceptors (Lipinski definition) is 1. The molecular weight excluding hydrogens is 717 g/mol. The summed E-state index contributed by atoms with van der Waals surface area (Å²) in [6.45, 7) is 0. The van der Waals surface area contributed by atoms with E-state index in [0.29, 0.717) is 12.0 Å². The molecule has 1 saturated carbocycles. The van der Waals surface area contributed by atoms with Crippen LogP contribution in [0.5, 0.6) is 0 Å². The zero-order valence-electron chi connectivity index (χ0n) is 32.6. The van der Waals surface area contributed by atoms with Gasteiger partial charge in [0, 0.05) is 46.2 Å². The molecule has 2 aliphatic carbocycles. The number of rotatable bonds is 6. The molecule has 8 aromatic carbocycles. The lowest BCUT2D eigenvalue weighted by molar-refractivity contribution is 0.402. The molecule has 1 fully saturated rings. The average molecular weight is 761 g/mol. The Kier molecular flexibility index (Phi) is 7.74. The van der Waals surface area contributed by atoms with Gasteiger partial charge in [-0.2, -0.15) is 0 Å². The van der Waals surface area contributed by atoms with Crippen molar-refractivity contribution in [2.24, 2.45) is 0 Å². The highest BCUT2D eigenvalue weighted by molar-refractivity contribution is 7.20. The molecule has 0 amide bonds. The summed E-state index contributed by atoms with van der Waals surface area (Å²) in [5, 5.41) is 8.31. The second kappa shape index (κ2) is 13.3. The van der Waals surface area contributed by atoms with E-state index in [-0.39, 0.29) is 0 Å². The minimum Gasteiger partial charge on any atom is -0.337 e. The van der Waals surface area contributed by atoms with Gasteiger partial charge in [0.05, 0.1) is 11.0 Å². The second-order valence-corrected chi connectivity index (χ2v) is 20.4. The molecule has 12 rings (SSSR count). The van der Waals surface area contributed by atoms with Gasteiger partial charge in [-0.05, 0) is 91.7 Å². The number of aromatic nitrogens is 1. The van der Waals surface area contributed by atoms with Gasteiger partial charge in [-0.1, -0.05) is 177 Å². The Labute approximate surface area is 341 Å². The van der Waals surface area contributed by atoms with Gasteiger partial charge in [0.25, 0.3) is 0 Å². The van der Waals surface area contributed by atoms with Crippen LogP contribution in [0.4, 0.5) is 11.4 Å². The third-order valence-corrected chi connectivity index (χ3v) is 18.5. The van der Waals surface area contributed by atoms with Crippen LogP contribution in [0.3, 0.4) is 0 Å². The minimum atomic E-state index is -2.86. The van der Waals surface area contributed by atoms with Crippen molar-refractivity contribution in [1.82, 2.24) is 4.57 Å². The van der Waals surface area contributed by atoms with Gasteiger partial charge in [0.1, 0.15) is 0 Å². The SMILES string of the molecule is c1ccc(-n2c3ccccc3c3ccc4c(c32)Cc2c-4cc([Si](c3ccccc3)(c3ccccc3)c3ccccc3)cc2N2c3ccccc3C3CCCCC32)cc1. The van der Waals surface area contributed by atoms with Crippen LogP contribution >= 0.6 is 0 Å². The van der Waals surface area contributed by atoms with E-state index in [0.717, 1.165) is 6.42 Å². The Morgan fingerprint density at radius 3 is 1.76 bits per heavy atom. The maximum atomic E-state index is 2.83. The lowest BCUT2D eigenvalue weighted by atomic mass is 9.82. The van der Waals surface area contributed by atoms with Crippen LogP contribution in [0.1, 0.15) is 48.3 Å². The molecule has 0 spiro atoms. The lowest BCUT2D eigenvalue weighted by Crippen LogP contribution is -2.74. The van der Waals surface area contributed by atoms with Gasteiger partial charge in [0.15, 0.2) is 8.07 Å². The Hall–Kier alpha value is -6.42. The van der Waals surface area contributed by atoms with Crippen molar-refractivity contribution in [2.75, 3.05) is 4.90 Å². The highest BCUT2D eigenvalue weighted by atomic mass is 28.3. The molecular formula is C55H44N2Si. The molecule has 3 aliphatic rings. The van der Waals surface area contributed by atoms with Gasteiger partial charge in [-0.15, -0.1) is 0 Å². The molecule has 0 saturated heterocycles. The predicted octanol–water partition coefficient (Wildman–Crippen LogP) is 10.9. The lowest BCUT2D eigenvalue weighted by Gasteiger charge is -2.38. The fourth-order valence-electron chi connectivity index (χ4n) is 11.4. The standard InChI is InChI=1S/C55H44N2Si/c1-5-19-38(20-6-1)56-51-30-16-15-29-46(51)47-34-33-43-48-35-42(58(39-21-7-2-8-22-39,40-23-9-3-10-24-40)41-25-11-4-12-26-41)36-54(49(48)37-50(43)55(47)56)57-52-31-17-13-27-44(52)45-28-14-18-32-53(45)57/h1-13,15-17,19-27,29-31,33-36,45,53H,14,18,28,32,37H2. The van der Waals surface area contributed by atoms with E-state index in [1.54, 1.807) is 0 Å². The van der Waals surface area contributed by atoms with Crippen LogP contribution in [0.2, 0.25) is 0 Å². The number of anilines is 2. The van der Waals surface area contributed by atoms with E-state index in [1.165, 1.54) is 113 Å².